The third kappa shape index (κ3) is 4.66. The molecule has 10 heteroatoms. The number of nitrogens with zero attached hydrogens (tertiary/aromatic N) is 4. The van der Waals surface area contributed by atoms with Crippen molar-refractivity contribution in [2.75, 3.05) is 33.2 Å². The van der Waals surface area contributed by atoms with Crippen LogP contribution in [0, 0.1) is 12.8 Å². The molecule has 0 aromatic carbocycles. The number of hydrogen-bond donors (Lipinski definition) is 3. The normalized spacial score (nSPS) is 17.4. The Hall–Kier alpha value is -3.14. The summed E-state index contributed by atoms with van der Waals surface area (Å²) in [6, 6.07) is 0.0556. The standard InChI is InChI=1S/C23H32N6O4/c1-14(2)13-28-21-17(7-8-18(30)27-11-9-26(4)10-12-27)15(3)25-29(21)23(33)19(22(28)32)20(31)24-16-5-6-16/h7-8,14,16H,5-6,9-13H2,1-4H3,(H2,24,31,32,33)/p+1/b8-7+. The van der Waals surface area contributed by atoms with Crippen LogP contribution in [0.5, 0.6) is 5.88 Å². The summed E-state index contributed by atoms with van der Waals surface area (Å²) in [5.74, 6) is -0.878. The minimum Gasteiger partial charge on any atom is -0.477 e. The smallest absolute Gasteiger partial charge is 0.378 e. The van der Waals surface area contributed by atoms with Crippen molar-refractivity contribution in [1.82, 2.24) is 24.7 Å². The molecular formula is C23H33N6O4+. The van der Waals surface area contributed by atoms with Gasteiger partial charge < -0.3 is 20.2 Å². The molecule has 0 unspecified atom stereocenters. The van der Waals surface area contributed by atoms with Gasteiger partial charge in [-0.25, -0.2) is 9.89 Å². The summed E-state index contributed by atoms with van der Waals surface area (Å²) in [6.45, 7) is 9.16. The number of carbonyl (C=O) groups excluding carboxylic acids is 2. The van der Waals surface area contributed by atoms with Crippen LogP contribution in [0.25, 0.3) is 11.7 Å². The van der Waals surface area contributed by atoms with E-state index in [1.807, 2.05) is 20.9 Å². The fourth-order valence-electron chi connectivity index (χ4n) is 4.13. The first-order valence-electron chi connectivity index (χ1n) is 11.5. The van der Waals surface area contributed by atoms with E-state index in [1.54, 1.807) is 22.5 Å². The Morgan fingerprint density at radius 1 is 1.24 bits per heavy atom. The predicted molar refractivity (Wildman–Crippen MR) is 123 cm³/mol. The predicted octanol–water partition coefficient (Wildman–Crippen LogP) is 0.265. The number of nitrogens with one attached hydrogen (secondary N) is 2. The van der Waals surface area contributed by atoms with Gasteiger partial charge in [-0.15, -0.1) is 0 Å². The van der Waals surface area contributed by atoms with E-state index in [-0.39, 0.29) is 29.3 Å². The minimum atomic E-state index is -0.617. The molecule has 3 heterocycles. The van der Waals surface area contributed by atoms with Crippen LogP contribution in [0.4, 0.5) is 0 Å². The molecule has 2 amide bonds. The molecule has 3 N–H and O–H groups in total. The topological polar surface area (TPSA) is 114 Å². The summed E-state index contributed by atoms with van der Waals surface area (Å²) in [5.41, 5.74) is 0.819. The lowest BCUT2D eigenvalue weighted by atomic mass is 10.1. The molecule has 2 aliphatic rings. The van der Waals surface area contributed by atoms with Crippen LogP contribution in [0.3, 0.4) is 0 Å². The number of hydrogen-bond acceptors (Lipinski definition) is 5. The van der Waals surface area contributed by atoms with Gasteiger partial charge in [-0.2, -0.15) is 4.57 Å². The Morgan fingerprint density at radius 2 is 1.91 bits per heavy atom. The van der Waals surface area contributed by atoms with Crippen LogP contribution < -0.4 is 15.4 Å². The lowest BCUT2D eigenvalue weighted by molar-refractivity contribution is -0.686. The zero-order chi connectivity index (χ0) is 23.9. The first-order valence-corrected chi connectivity index (χ1v) is 11.5. The van der Waals surface area contributed by atoms with Crippen molar-refractivity contribution in [3.05, 3.63) is 33.3 Å². The van der Waals surface area contributed by atoms with E-state index >= 15 is 0 Å². The van der Waals surface area contributed by atoms with Gasteiger partial charge >= 0.3 is 17.1 Å². The van der Waals surface area contributed by atoms with Gasteiger partial charge in [0.15, 0.2) is 0 Å². The van der Waals surface area contributed by atoms with Gasteiger partial charge in [-0.3, -0.25) is 9.59 Å². The number of piperazine rings is 1. The van der Waals surface area contributed by atoms with Gasteiger partial charge in [-0.1, -0.05) is 18.4 Å². The molecule has 2 aromatic rings. The molecule has 1 saturated heterocycles. The number of carbonyl (C=O) groups is 2. The van der Waals surface area contributed by atoms with Gasteiger partial charge in [0.25, 0.3) is 5.91 Å². The third-order valence-electron chi connectivity index (χ3n) is 6.18. The van der Waals surface area contributed by atoms with E-state index < -0.39 is 11.5 Å². The van der Waals surface area contributed by atoms with Crippen molar-refractivity contribution < 1.29 is 19.3 Å². The molecule has 10 nitrogen and oxygen atoms in total. The number of likely N-dealkylation sites (N-methyl/N-ethyl adjacent to an activating group) is 1. The highest BCUT2D eigenvalue weighted by molar-refractivity contribution is 5.96. The van der Waals surface area contributed by atoms with Crippen molar-refractivity contribution in [3.8, 4) is 5.88 Å². The first kappa shape index (κ1) is 23.0. The Balaban J connectivity index is 1.77. The second-order valence-electron chi connectivity index (χ2n) is 9.53. The second kappa shape index (κ2) is 9.01. The number of aryl methyl sites for hydroxylation is 1. The van der Waals surface area contributed by atoms with E-state index in [9.17, 15) is 19.5 Å². The molecule has 0 radical (unpaired) electrons. The number of amides is 2. The summed E-state index contributed by atoms with van der Waals surface area (Å²) in [7, 11) is 2.03. The van der Waals surface area contributed by atoms with E-state index in [2.05, 4.69) is 15.3 Å². The van der Waals surface area contributed by atoms with Crippen LogP contribution in [0.2, 0.25) is 0 Å². The maximum Gasteiger partial charge on any atom is 0.378 e. The highest BCUT2D eigenvalue weighted by Gasteiger charge is 2.35. The zero-order valence-corrected chi connectivity index (χ0v) is 19.7. The summed E-state index contributed by atoms with van der Waals surface area (Å²) in [4.78, 5) is 42.7. The SMILES string of the molecule is Cc1[nH]n2c(=O)c(C(=O)NC3CC3)c(O)[n+](CC(C)C)c2c1/C=C/C(=O)N1CCN(C)CC1. The quantitative estimate of drug-likeness (QED) is 0.426. The lowest BCUT2D eigenvalue weighted by Crippen LogP contribution is -2.46. The third-order valence-corrected chi connectivity index (χ3v) is 6.18. The Morgan fingerprint density at radius 3 is 2.52 bits per heavy atom. The highest BCUT2D eigenvalue weighted by atomic mass is 16.3. The van der Waals surface area contributed by atoms with Crippen LogP contribution >= 0.6 is 0 Å². The highest BCUT2D eigenvalue weighted by Crippen LogP contribution is 2.22. The van der Waals surface area contributed by atoms with E-state index in [1.165, 1.54) is 10.6 Å². The van der Waals surface area contributed by atoms with Gasteiger partial charge in [0.1, 0.15) is 0 Å². The molecule has 1 aliphatic heterocycles. The molecule has 0 spiro atoms. The van der Waals surface area contributed by atoms with Gasteiger partial charge in [0.2, 0.25) is 11.5 Å². The average Bonchev–Trinajstić information content (AvgIpc) is 3.50. The van der Waals surface area contributed by atoms with E-state index in [0.717, 1.165) is 25.9 Å². The maximum atomic E-state index is 13.2. The van der Waals surface area contributed by atoms with Crippen LogP contribution in [0.1, 0.15) is 48.3 Å². The minimum absolute atomic E-state index is 0.0556. The maximum absolute atomic E-state index is 13.2. The number of aromatic hydroxyl groups is 1. The molecule has 1 saturated carbocycles. The monoisotopic (exact) mass is 457 g/mol. The molecule has 1 aliphatic carbocycles. The fourth-order valence-corrected chi connectivity index (χ4v) is 4.13. The summed E-state index contributed by atoms with van der Waals surface area (Å²) >= 11 is 0. The Labute approximate surface area is 192 Å². The molecule has 2 aromatic heterocycles. The molecular weight excluding hydrogens is 424 g/mol. The van der Waals surface area contributed by atoms with Crippen LogP contribution in [0.15, 0.2) is 10.9 Å². The first-order chi connectivity index (χ1) is 15.7. The number of H-pyrrole nitrogens is 1. The van der Waals surface area contributed by atoms with Crippen molar-refractivity contribution >= 4 is 23.5 Å². The molecule has 33 heavy (non-hydrogen) atoms. The second-order valence-corrected chi connectivity index (χ2v) is 9.53. The van der Waals surface area contributed by atoms with Crippen LogP contribution in [-0.4, -0.2) is 75.6 Å². The van der Waals surface area contributed by atoms with E-state index in [0.29, 0.717) is 36.5 Å². The number of aromatic amines is 1. The molecule has 178 valence electrons. The summed E-state index contributed by atoms with van der Waals surface area (Å²) in [5, 5.41) is 16.8. The molecule has 0 bridgehead atoms. The fraction of sp³-hybridized carbons (Fsp3) is 0.565. The average molecular weight is 458 g/mol. The Bertz CT molecular complexity index is 1170. The zero-order valence-electron chi connectivity index (χ0n) is 19.7. The van der Waals surface area contributed by atoms with Crippen LogP contribution in [-0.2, 0) is 11.3 Å². The molecule has 0 atom stereocenters. The van der Waals surface area contributed by atoms with Crippen molar-refractivity contribution in [3.63, 3.8) is 0 Å². The number of fused-ring (bicyclic) bond motifs is 1. The Kier molecular flexibility index (Phi) is 6.29. The summed E-state index contributed by atoms with van der Waals surface area (Å²) < 4.78 is 2.87. The lowest BCUT2D eigenvalue weighted by Gasteiger charge is -2.31. The molecule has 4 rings (SSSR count). The van der Waals surface area contributed by atoms with Gasteiger partial charge in [-0.05, 0) is 38.8 Å². The van der Waals surface area contributed by atoms with Crippen molar-refractivity contribution in [2.45, 2.75) is 46.2 Å². The van der Waals surface area contributed by atoms with Crippen molar-refractivity contribution in [2.24, 2.45) is 5.92 Å². The number of aromatic nitrogens is 3. The number of rotatable bonds is 6. The largest absolute Gasteiger partial charge is 0.477 e. The summed E-state index contributed by atoms with van der Waals surface area (Å²) in [6.07, 6.45) is 4.94. The van der Waals surface area contributed by atoms with Gasteiger partial charge in [0.05, 0.1) is 17.8 Å². The van der Waals surface area contributed by atoms with Crippen molar-refractivity contribution in [1.29, 1.82) is 0 Å². The van der Waals surface area contributed by atoms with E-state index in [4.69, 9.17) is 0 Å². The molecule has 2 fully saturated rings. The van der Waals surface area contributed by atoms with Gasteiger partial charge in [0, 0.05) is 38.3 Å².